The van der Waals surface area contributed by atoms with Crippen molar-refractivity contribution in [3.8, 4) is 0 Å². The number of anilines is 2. The Morgan fingerprint density at radius 1 is 1.32 bits per heavy atom. The SMILES string of the molecule is CC(C)(C)CCOCCC(=O)Nc1cccc(N)c1. The van der Waals surface area contributed by atoms with Crippen LogP contribution in [0.3, 0.4) is 0 Å². The molecule has 0 fully saturated rings. The van der Waals surface area contributed by atoms with E-state index in [1.54, 1.807) is 12.1 Å². The summed E-state index contributed by atoms with van der Waals surface area (Å²) in [5.74, 6) is -0.0543. The number of hydrogen-bond acceptors (Lipinski definition) is 3. The molecule has 4 heteroatoms. The zero-order valence-electron chi connectivity index (χ0n) is 12.0. The van der Waals surface area contributed by atoms with Crippen molar-refractivity contribution in [1.82, 2.24) is 0 Å². The first-order valence-corrected chi connectivity index (χ1v) is 6.60. The van der Waals surface area contributed by atoms with E-state index in [9.17, 15) is 4.79 Å². The summed E-state index contributed by atoms with van der Waals surface area (Å²) in [5.41, 5.74) is 7.27. The van der Waals surface area contributed by atoms with Crippen molar-refractivity contribution in [3.05, 3.63) is 24.3 Å². The number of nitrogen functional groups attached to an aromatic ring is 1. The Kier molecular flexibility index (Phi) is 5.83. The average molecular weight is 264 g/mol. The molecule has 19 heavy (non-hydrogen) atoms. The summed E-state index contributed by atoms with van der Waals surface area (Å²) >= 11 is 0. The molecule has 0 atom stereocenters. The van der Waals surface area contributed by atoms with Gasteiger partial charge < -0.3 is 15.8 Å². The van der Waals surface area contributed by atoms with Gasteiger partial charge >= 0.3 is 0 Å². The molecule has 0 bridgehead atoms. The van der Waals surface area contributed by atoms with E-state index in [-0.39, 0.29) is 11.3 Å². The van der Waals surface area contributed by atoms with Crippen LogP contribution < -0.4 is 11.1 Å². The lowest BCUT2D eigenvalue weighted by atomic mass is 9.93. The van der Waals surface area contributed by atoms with E-state index in [2.05, 4.69) is 26.1 Å². The molecule has 3 N–H and O–H groups in total. The fraction of sp³-hybridized carbons (Fsp3) is 0.533. The number of rotatable bonds is 6. The van der Waals surface area contributed by atoms with Crippen molar-refractivity contribution in [2.24, 2.45) is 5.41 Å². The van der Waals surface area contributed by atoms with Crippen molar-refractivity contribution in [2.75, 3.05) is 24.3 Å². The Morgan fingerprint density at radius 3 is 2.68 bits per heavy atom. The normalized spacial score (nSPS) is 11.3. The van der Waals surface area contributed by atoms with Gasteiger partial charge in [-0.3, -0.25) is 4.79 Å². The van der Waals surface area contributed by atoms with Crippen LogP contribution in [0, 0.1) is 5.41 Å². The summed E-state index contributed by atoms with van der Waals surface area (Å²) in [6.45, 7) is 7.65. The minimum absolute atomic E-state index is 0.0543. The Labute approximate surface area is 115 Å². The first-order valence-electron chi connectivity index (χ1n) is 6.60. The maximum absolute atomic E-state index is 11.7. The molecule has 1 amide bonds. The number of benzene rings is 1. The predicted molar refractivity (Wildman–Crippen MR) is 79.0 cm³/mol. The molecule has 0 aliphatic carbocycles. The Balaban J connectivity index is 2.18. The Hall–Kier alpha value is -1.55. The fourth-order valence-corrected chi connectivity index (χ4v) is 1.49. The zero-order chi connectivity index (χ0) is 14.3. The smallest absolute Gasteiger partial charge is 0.226 e. The van der Waals surface area contributed by atoms with Gasteiger partial charge in [0.25, 0.3) is 0 Å². The third-order valence-corrected chi connectivity index (χ3v) is 2.64. The summed E-state index contributed by atoms with van der Waals surface area (Å²) < 4.78 is 5.46. The lowest BCUT2D eigenvalue weighted by Crippen LogP contribution is -2.15. The second kappa shape index (κ2) is 7.14. The third kappa shape index (κ3) is 7.47. The van der Waals surface area contributed by atoms with Crippen LogP contribution in [0.15, 0.2) is 24.3 Å². The summed E-state index contributed by atoms with van der Waals surface area (Å²) in [7, 11) is 0. The molecule has 0 saturated carbocycles. The maximum atomic E-state index is 11.7. The molecular formula is C15H24N2O2. The van der Waals surface area contributed by atoms with E-state index in [0.717, 1.165) is 12.1 Å². The molecule has 0 aliphatic heterocycles. The molecule has 0 spiro atoms. The number of hydrogen-bond donors (Lipinski definition) is 2. The highest BCUT2D eigenvalue weighted by Gasteiger charge is 2.09. The standard InChI is InChI=1S/C15H24N2O2/c1-15(2,3)8-10-19-9-7-14(18)17-13-6-4-5-12(16)11-13/h4-6,11H,7-10,16H2,1-3H3,(H,17,18). The highest BCUT2D eigenvalue weighted by Crippen LogP contribution is 2.18. The third-order valence-electron chi connectivity index (χ3n) is 2.64. The van der Waals surface area contributed by atoms with Crippen LogP contribution in [0.2, 0.25) is 0 Å². The van der Waals surface area contributed by atoms with E-state index in [1.807, 2.05) is 12.1 Å². The first kappa shape index (κ1) is 15.5. The summed E-state index contributed by atoms with van der Waals surface area (Å²) in [6, 6.07) is 7.14. The van der Waals surface area contributed by atoms with Crippen LogP contribution >= 0.6 is 0 Å². The molecule has 0 aliphatic rings. The largest absolute Gasteiger partial charge is 0.399 e. The van der Waals surface area contributed by atoms with Crippen LogP contribution in [0.25, 0.3) is 0 Å². The van der Waals surface area contributed by atoms with Gasteiger partial charge in [0.1, 0.15) is 0 Å². The number of carbonyl (C=O) groups excluding carboxylic acids is 1. The van der Waals surface area contributed by atoms with Gasteiger partial charge in [-0.05, 0) is 30.0 Å². The number of nitrogens with two attached hydrogens (primary N) is 1. The highest BCUT2D eigenvalue weighted by atomic mass is 16.5. The van der Waals surface area contributed by atoms with Crippen molar-refractivity contribution in [1.29, 1.82) is 0 Å². The van der Waals surface area contributed by atoms with Gasteiger partial charge in [0.05, 0.1) is 13.0 Å². The second-order valence-electron chi connectivity index (χ2n) is 5.85. The molecule has 1 aromatic carbocycles. The van der Waals surface area contributed by atoms with Gasteiger partial charge in [0.15, 0.2) is 0 Å². The molecule has 4 nitrogen and oxygen atoms in total. The number of carbonyl (C=O) groups is 1. The summed E-state index contributed by atoms with van der Waals surface area (Å²) in [5, 5.41) is 2.79. The van der Waals surface area contributed by atoms with Crippen LogP contribution in [0.5, 0.6) is 0 Å². The first-order chi connectivity index (χ1) is 8.87. The highest BCUT2D eigenvalue weighted by molar-refractivity contribution is 5.91. The van der Waals surface area contributed by atoms with Crippen molar-refractivity contribution < 1.29 is 9.53 Å². The number of ether oxygens (including phenoxy) is 1. The second-order valence-corrected chi connectivity index (χ2v) is 5.85. The molecular weight excluding hydrogens is 240 g/mol. The van der Waals surface area contributed by atoms with Crippen LogP contribution in [0.1, 0.15) is 33.6 Å². The lowest BCUT2D eigenvalue weighted by Gasteiger charge is -2.17. The quantitative estimate of drug-likeness (QED) is 0.613. The maximum Gasteiger partial charge on any atom is 0.226 e. The Morgan fingerprint density at radius 2 is 2.05 bits per heavy atom. The average Bonchev–Trinajstić information content (AvgIpc) is 2.26. The zero-order valence-corrected chi connectivity index (χ0v) is 12.0. The molecule has 0 heterocycles. The van der Waals surface area contributed by atoms with Crippen molar-refractivity contribution in [2.45, 2.75) is 33.6 Å². The topological polar surface area (TPSA) is 64.3 Å². The van der Waals surface area contributed by atoms with E-state index in [1.165, 1.54) is 0 Å². The van der Waals surface area contributed by atoms with Crippen LogP contribution in [0.4, 0.5) is 11.4 Å². The molecule has 1 aromatic rings. The van der Waals surface area contributed by atoms with Gasteiger partial charge in [-0.2, -0.15) is 0 Å². The van der Waals surface area contributed by atoms with Crippen LogP contribution in [-0.2, 0) is 9.53 Å². The molecule has 0 aromatic heterocycles. The van der Waals surface area contributed by atoms with Crippen molar-refractivity contribution in [3.63, 3.8) is 0 Å². The molecule has 0 radical (unpaired) electrons. The van der Waals surface area contributed by atoms with E-state index in [4.69, 9.17) is 10.5 Å². The predicted octanol–water partition coefficient (Wildman–Crippen LogP) is 3.05. The number of amides is 1. The van der Waals surface area contributed by atoms with Gasteiger partial charge in [0, 0.05) is 18.0 Å². The van der Waals surface area contributed by atoms with Gasteiger partial charge in [-0.15, -0.1) is 0 Å². The minimum atomic E-state index is -0.0543. The molecule has 0 saturated heterocycles. The van der Waals surface area contributed by atoms with Gasteiger partial charge in [0.2, 0.25) is 5.91 Å². The summed E-state index contributed by atoms with van der Waals surface area (Å²) in [6.07, 6.45) is 1.35. The summed E-state index contributed by atoms with van der Waals surface area (Å²) in [4.78, 5) is 11.7. The molecule has 106 valence electrons. The lowest BCUT2D eigenvalue weighted by molar-refractivity contribution is -0.117. The van der Waals surface area contributed by atoms with E-state index < -0.39 is 0 Å². The fourth-order valence-electron chi connectivity index (χ4n) is 1.49. The molecule has 1 rings (SSSR count). The van der Waals surface area contributed by atoms with E-state index in [0.29, 0.717) is 25.3 Å². The Bertz CT molecular complexity index is 411. The van der Waals surface area contributed by atoms with Crippen LogP contribution in [-0.4, -0.2) is 19.1 Å². The molecule has 0 unspecified atom stereocenters. The van der Waals surface area contributed by atoms with Crippen molar-refractivity contribution >= 4 is 17.3 Å². The minimum Gasteiger partial charge on any atom is -0.399 e. The van der Waals surface area contributed by atoms with Gasteiger partial charge in [-0.25, -0.2) is 0 Å². The number of nitrogens with one attached hydrogen (secondary N) is 1. The monoisotopic (exact) mass is 264 g/mol. The van der Waals surface area contributed by atoms with E-state index >= 15 is 0 Å². The van der Waals surface area contributed by atoms with Gasteiger partial charge in [-0.1, -0.05) is 26.8 Å².